The van der Waals surface area contributed by atoms with Crippen LogP contribution in [0.15, 0.2) is 107 Å². The largest absolute Gasteiger partial charge is 0.455 e. The number of carbonyl (C=O) groups is 1. The summed E-state index contributed by atoms with van der Waals surface area (Å²) in [5.74, 6) is -0.00191. The van der Waals surface area contributed by atoms with E-state index in [1.165, 1.54) is 18.3 Å². The Morgan fingerprint density at radius 2 is 1.58 bits per heavy atom. The minimum atomic E-state index is -1.95. The third kappa shape index (κ3) is 4.56. The number of amides is 1. The van der Waals surface area contributed by atoms with Crippen LogP contribution in [0.3, 0.4) is 0 Å². The van der Waals surface area contributed by atoms with Gasteiger partial charge in [-0.05, 0) is 23.3 Å². The first-order valence-corrected chi connectivity index (χ1v) is 10.00. The van der Waals surface area contributed by atoms with Gasteiger partial charge in [0.05, 0.1) is 11.1 Å². The molecule has 4 aromatic rings. The standard InChI is InChI=1S/C25H19N3O5/c29-24(25(30,19-9-3-1-4-10-19)20-11-5-2-6-12-20)27-26-17-22-14-15-23(33-22)18-8-7-13-21(16-18)28(31)32/h1-17,30H,(H,27,29)/b26-17-. The highest BCUT2D eigenvalue weighted by Crippen LogP contribution is 2.30. The van der Waals surface area contributed by atoms with Crippen LogP contribution in [-0.2, 0) is 10.4 Å². The Labute approximate surface area is 189 Å². The molecule has 1 aromatic heterocycles. The molecule has 33 heavy (non-hydrogen) atoms. The molecule has 164 valence electrons. The molecule has 0 saturated heterocycles. The normalized spacial score (nSPS) is 11.4. The van der Waals surface area contributed by atoms with Crippen molar-refractivity contribution in [3.05, 3.63) is 124 Å². The van der Waals surface area contributed by atoms with Crippen molar-refractivity contribution in [2.24, 2.45) is 5.10 Å². The van der Waals surface area contributed by atoms with Gasteiger partial charge in [-0.25, -0.2) is 5.43 Å². The SMILES string of the molecule is O=C(N/N=C\c1ccc(-c2cccc([N+](=O)[O-])c2)o1)C(O)(c1ccccc1)c1ccccc1. The van der Waals surface area contributed by atoms with Gasteiger partial charge in [0, 0.05) is 17.7 Å². The average molecular weight is 441 g/mol. The van der Waals surface area contributed by atoms with E-state index in [0.717, 1.165) is 0 Å². The molecule has 0 radical (unpaired) electrons. The zero-order chi connectivity index (χ0) is 23.3. The summed E-state index contributed by atoms with van der Waals surface area (Å²) in [5, 5.41) is 26.3. The van der Waals surface area contributed by atoms with Gasteiger partial charge in [-0.2, -0.15) is 5.10 Å². The second kappa shape index (κ2) is 9.29. The number of hydrazone groups is 1. The van der Waals surface area contributed by atoms with E-state index >= 15 is 0 Å². The van der Waals surface area contributed by atoms with Gasteiger partial charge in [0.1, 0.15) is 11.5 Å². The monoisotopic (exact) mass is 441 g/mol. The summed E-state index contributed by atoms with van der Waals surface area (Å²) >= 11 is 0. The lowest BCUT2D eigenvalue weighted by Gasteiger charge is -2.26. The highest BCUT2D eigenvalue weighted by Gasteiger charge is 2.39. The van der Waals surface area contributed by atoms with Crippen LogP contribution in [0.4, 0.5) is 5.69 Å². The topological polar surface area (TPSA) is 118 Å². The minimum absolute atomic E-state index is 0.0486. The van der Waals surface area contributed by atoms with Gasteiger partial charge in [-0.3, -0.25) is 14.9 Å². The second-order valence-corrected chi connectivity index (χ2v) is 7.15. The van der Waals surface area contributed by atoms with Crippen LogP contribution in [0, 0.1) is 10.1 Å². The third-order valence-corrected chi connectivity index (χ3v) is 5.04. The lowest BCUT2D eigenvalue weighted by Crippen LogP contribution is -2.43. The zero-order valence-corrected chi connectivity index (χ0v) is 17.3. The van der Waals surface area contributed by atoms with Crippen LogP contribution in [0.5, 0.6) is 0 Å². The number of hydrogen-bond donors (Lipinski definition) is 2. The Morgan fingerprint density at radius 3 is 2.18 bits per heavy atom. The fourth-order valence-corrected chi connectivity index (χ4v) is 3.37. The second-order valence-electron chi connectivity index (χ2n) is 7.15. The quantitative estimate of drug-likeness (QED) is 0.253. The fraction of sp³-hybridized carbons (Fsp3) is 0.0400. The summed E-state index contributed by atoms with van der Waals surface area (Å²) in [6, 6.07) is 26.5. The fourth-order valence-electron chi connectivity index (χ4n) is 3.37. The maximum atomic E-state index is 13.0. The molecule has 8 nitrogen and oxygen atoms in total. The molecule has 0 atom stereocenters. The van der Waals surface area contributed by atoms with Crippen LogP contribution in [0.2, 0.25) is 0 Å². The molecule has 8 heteroatoms. The van der Waals surface area contributed by atoms with E-state index in [4.69, 9.17) is 4.42 Å². The molecule has 1 heterocycles. The van der Waals surface area contributed by atoms with Gasteiger partial charge < -0.3 is 9.52 Å². The number of nitro benzene ring substituents is 1. The Kier molecular flexibility index (Phi) is 6.10. The Balaban J connectivity index is 1.54. The van der Waals surface area contributed by atoms with E-state index in [0.29, 0.717) is 28.2 Å². The van der Waals surface area contributed by atoms with Crippen LogP contribution >= 0.6 is 0 Å². The summed E-state index contributed by atoms with van der Waals surface area (Å²) in [5.41, 5.74) is 1.71. The number of carbonyl (C=O) groups excluding carboxylic acids is 1. The number of furan rings is 1. The van der Waals surface area contributed by atoms with Gasteiger partial charge in [0.15, 0.2) is 5.60 Å². The predicted molar refractivity (Wildman–Crippen MR) is 122 cm³/mol. The molecular weight excluding hydrogens is 422 g/mol. The van der Waals surface area contributed by atoms with Crippen molar-refractivity contribution in [3.8, 4) is 11.3 Å². The van der Waals surface area contributed by atoms with Crippen molar-refractivity contribution < 1.29 is 19.2 Å². The first kappa shape index (κ1) is 21.7. The summed E-state index contributed by atoms with van der Waals surface area (Å²) < 4.78 is 5.66. The van der Waals surface area contributed by atoms with Crippen molar-refractivity contribution in [2.75, 3.05) is 0 Å². The molecule has 2 N–H and O–H groups in total. The molecular formula is C25H19N3O5. The Morgan fingerprint density at radius 1 is 0.939 bits per heavy atom. The van der Waals surface area contributed by atoms with E-state index in [2.05, 4.69) is 10.5 Å². The summed E-state index contributed by atoms with van der Waals surface area (Å²) in [4.78, 5) is 23.5. The van der Waals surface area contributed by atoms with E-state index in [1.54, 1.807) is 84.9 Å². The number of non-ortho nitro benzene ring substituents is 1. The lowest BCUT2D eigenvalue weighted by molar-refractivity contribution is -0.384. The first-order chi connectivity index (χ1) is 16.0. The van der Waals surface area contributed by atoms with Crippen molar-refractivity contribution in [3.63, 3.8) is 0 Å². The number of nitrogens with one attached hydrogen (secondary N) is 1. The van der Waals surface area contributed by atoms with E-state index in [-0.39, 0.29) is 5.69 Å². The van der Waals surface area contributed by atoms with Gasteiger partial charge in [-0.1, -0.05) is 72.8 Å². The van der Waals surface area contributed by atoms with Gasteiger partial charge >= 0.3 is 0 Å². The summed E-state index contributed by atoms with van der Waals surface area (Å²) in [7, 11) is 0. The molecule has 0 aliphatic carbocycles. The minimum Gasteiger partial charge on any atom is -0.455 e. The van der Waals surface area contributed by atoms with E-state index in [1.807, 2.05) is 0 Å². The molecule has 0 aliphatic heterocycles. The number of rotatable bonds is 7. The maximum absolute atomic E-state index is 13.0. The van der Waals surface area contributed by atoms with Crippen LogP contribution in [-0.4, -0.2) is 22.2 Å². The van der Waals surface area contributed by atoms with Crippen LogP contribution in [0.25, 0.3) is 11.3 Å². The highest BCUT2D eigenvalue weighted by molar-refractivity contribution is 5.91. The summed E-state index contributed by atoms with van der Waals surface area (Å²) in [6.45, 7) is 0. The van der Waals surface area contributed by atoms with Crippen molar-refractivity contribution in [1.29, 1.82) is 0 Å². The van der Waals surface area contributed by atoms with Gasteiger partial charge in [0.25, 0.3) is 11.6 Å². The summed E-state index contributed by atoms with van der Waals surface area (Å²) in [6.07, 6.45) is 1.29. The third-order valence-electron chi connectivity index (χ3n) is 5.04. The maximum Gasteiger partial charge on any atom is 0.281 e. The number of nitro groups is 1. The molecule has 1 amide bonds. The van der Waals surface area contributed by atoms with Gasteiger partial charge in [-0.15, -0.1) is 0 Å². The van der Waals surface area contributed by atoms with Crippen molar-refractivity contribution in [2.45, 2.75) is 5.60 Å². The van der Waals surface area contributed by atoms with E-state index < -0.39 is 16.4 Å². The molecule has 0 fully saturated rings. The lowest BCUT2D eigenvalue weighted by atomic mass is 9.85. The smallest absolute Gasteiger partial charge is 0.281 e. The molecule has 3 aromatic carbocycles. The van der Waals surface area contributed by atoms with Crippen molar-refractivity contribution in [1.82, 2.24) is 5.43 Å². The Hall–Kier alpha value is -4.56. The van der Waals surface area contributed by atoms with Crippen LogP contribution in [0.1, 0.15) is 16.9 Å². The molecule has 0 aliphatic rings. The molecule has 0 saturated carbocycles. The number of aliphatic hydroxyl groups is 1. The Bertz CT molecular complexity index is 1260. The molecule has 0 spiro atoms. The molecule has 0 unspecified atom stereocenters. The predicted octanol–water partition coefficient (Wildman–Crippen LogP) is 4.24. The zero-order valence-electron chi connectivity index (χ0n) is 17.3. The van der Waals surface area contributed by atoms with Crippen molar-refractivity contribution >= 4 is 17.8 Å². The molecule has 0 bridgehead atoms. The number of benzene rings is 3. The average Bonchev–Trinajstić information content (AvgIpc) is 3.33. The highest BCUT2D eigenvalue weighted by atomic mass is 16.6. The number of hydrogen-bond acceptors (Lipinski definition) is 6. The van der Waals surface area contributed by atoms with Crippen LogP contribution < -0.4 is 5.43 Å². The first-order valence-electron chi connectivity index (χ1n) is 10.00. The van der Waals surface area contributed by atoms with Gasteiger partial charge in [0.2, 0.25) is 0 Å². The van der Waals surface area contributed by atoms with E-state index in [9.17, 15) is 20.0 Å². The number of nitrogens with zero attached hydrogens (tertiary/aromatic N) is 2. The molecule has 4 rings (SSSR count).